The van der Waals surface area contributed by atoms with Crippen LogP contribution in [0.3, 0.4) is 0 Å². The van der Waals surface area contributed by atoms with E-state index in [4.69, 9.17) is 21.7 Å². The largest absolute Gasteiger partial charge is 0.493 e. The Morgan fingerprint density at radius 3 is 2.46 bits per heavy atom. The van der Waals surface area contributed by atoms with Gasteiger partial charge in [0.2, 0.25) is 0 Å². The zero-order valence-electron chi connectivity index (χ0n) is 15.1. The molecular weight excluding hydrogens is 398 g/mol. The van der Waals surface area contributed by atoms with Crippen LogP contribution in [-0.2, 0) is 9.59 Å². The second kappa shape index (κ2) is 8.45. The Labute approximate surface area is 171 Å². The number of aliphatic carboxylic acids is 1. The van der Waals surface area contributed by atoms with Crippen molar-refractivity contribution in [2.75, 3.05) is 14.2 Å². The molecule has 0 bridgehead atoms. The number of rotatable bonds is 6. The fourth-order valence-electron chi connectivity index (χ4n) is 2.91. The SMILES string of the molecule is COc1cccc(/C=C2\SC(=S)N([C@@H](C(=O)O)c3ccccc3)C2=O)c1OC. The van der Waals surface area contributed by atoms with E-state index in [1.807, 2.05) is 0 Å². The molecule has 1 amide bonds. The molecule has 2 aromatic carbocycles. The van der Waals surface area contributed by atoms with Gasteiger partial charge in [0, 0.05) is 5.56 Å². The molecule has 1 fully saturated rings. The molecule has 28 heavy (non-hydrogen) atoms. The molecule has 6 nitrogen and oxygen atoms in total. The Hall–Kier alpha value is -2.84. The number of amides is 1. The van der Waals surface area contributed by atoms with Gasteiger partial charge in [-0.05, 0) is 17.7 Å². The number of carbonyl (C=O) groups is 2. The molecule has 1 aliphatic rings. The molecule has 1 heterocycles. The highest BCUT2D eigenvalue weighted by atomic mass is 32.2. The Morgan fingerprint density at radius 2 is 1.86 bits per heavy atom. The van der Waals surface area contributed by atoms with Crippen LogP contribution in [-0.4, -0.2) is 40.4 Å². The molecule has 0 spiro atoms. The molecule has 1 saturated heterocycles. The molecular formula is C20H17NO5S2. The first-order chi connectivity index (χ1) is 13.5. The highest BCUT2D eigenvalue weighted by Gasteiger charge is 2.41. The summed E-state index contributed by atoms with van der Waals surface area (Å²) in [6, 6.07) is 12.7. The lowest BCUT2D eigenvalue weighted by Crippen LogP contribution is -2.37. The van der Waals surface area contributed by atoms with Gasteiger partial charge in [-0.15, -0.1) is 0 Å². The Bertz CT molecular complexity index is 958. The molecule has 3 rings (SSSR count). The average molecular weight is 415 g/mol. The maximum Gasteiger partial charge on any atom is 0.331 e. The summed E-state index contributed by atoms with van der Waals surface area (Å²) in [4.78, 5) is 26.4. The highest BCUT2D eigenvalue weighted by Crippen LogP contribution is 2.40. The van der Waals surface area contributed by atoms with Gasteiger partial charge in [-0.3, -0.25) is 9.69 Å². The van der Waals surface area contributed by atoms with Crippen molar-refractivity contribution in [3.63, 3.8) is 0 Å². The summed E-state index contributed by atoms with van der Waals surface area (Å²) in [5, 5.41) is 9.73. The number of carboxylic acid groups (broad SMARTS) is 1. The summed E-state index contributed by atoms with van der Waals surface area (Å²) in [6.07, 6.45) is 1.63. The number of thioether (sulfide) groups is 1. The van der Waals surface area contributed by atoms with Gasteiger partial charge in [-0.25, -0.2) is 4.79 Å². The summed E-state index contributed by atoms with van der Waals surface area (Å²) in [5.41, 5.74) is 1.11. The minimum Gasteiger partial charge on any atom is -0.493 e. The molecule has 2 aromatic rings. The lowest BCUT2D eigenvalue weighted by atomic mass is 10.1. The molecule has 0 aliphatic carbocycles. The third-order valence-corrected chi connectivity index (χ3v) is 5.48. The van der Waals surface area contributed by atoms with Crippen LogP contribution in [0.15, 0.2) is 53.4 Å². The molecule has 1 aliphatic heterocycles. The molecule has 0 aromatic heterocycles. The number of methoxy groups -OCH3 is 2. The summed E-state index contributed by atoms with van der Waals surface area (Å²) >= 11 is 6.38. The van der Waals surface area contributed by atoms with E-state index < -0.39 is 17.9 Å². The van der Waals surface area contributed by atoms with Crippen molar-refractivity contribution in [2.24, 2.45) is 0 Å². The van der Waals surface area contributed by atoms with E-state index in [0.717, 1.165) is 16.7 Å². The second-order valence-corrected chi connectivity index (χ2v) is 7.46. The quantitative estimate of drug-likeness (QED) is 0.569. The van der Waals surface area contributed by atoms with Crippen molar-refractivity contribution in [2.45, 2.75) is 6.04 Å². The van der Waals surface area contributed by atoms with Gasteiger partial charge in [-0.1, -0.05) is 66.4 Å². The lowest BCUT2D eigenvalue weighted by Gasteiger charge is -2.23. The predicted molar refractivity (Wildman–Crippen MR) is 111 cm³/mol. The van der Waals surface area contributed by atoms with Crippen molar-refractivity contribution in [3.8, 4) is 11.5 Å². The number of carbonyl (C=O) groups excluding carboxylic acids is 1. The standard InChI is InChI=1S/C20H17NO5S2/c1-25-14-10-6-9-13(17(14)26-2)11-15-18(22)21(20(27)28-15)16(19(23)24)12-7-4-3-5-8-12/h3-11,16H,1-2H3,(H,23,24)/b15-11-/t16-/m1/s1. The van der Waals surface area contributed by atoms with E-state index in [9.17, 15) is 14.7 Å². The van der Waals surface area contributed by atoms with E-state index in [2.05, 4.69) is 0 Å². The fourth-order valence-corrected chi connectivity index (χ4v) is 4.21. The molecule has 1 atom stereocenters. The highest BCUT2D eigenvalue weighted by molar-refractivity contribution is 8.26. The lowest BCUT2D eigenvalue weighted by molar-refractivity contribution is -0.145. The topological polar surface area (TPSA) is 76.1 Å². The van der Waals surface area contributed by atoms with Crippen molar-refractivity contribution in [1.82, 2.24) is 4.90 Å². The van der Waals surface area contributed by atoms with Gasteiger partial charge < -0.3 is 14.6 Å². The second-order valence-electron chi connectivity index (χ2n) is 5.79. The number of hydrogen-bond donors (Lipinski definition) is 1. The summed E-state index contributed by atoms with van der Waals surface area (Å²) in [7, 11) is 3.04. The van der Waals surface area contributed by atoms with Crippen molar-refractivity contribution < 1.29 is 24.2 Å². The molecule has 8 heteroatoms. The zero-order chi connectivity index (χ0) is 20.3. The number of benzene rings is 2. The van der Waals surface area contributed by atoms with Crippen LogP contribution in [0, 0.1) is 0 Å². The maximum absolute atomic E-state index is 13.0. The summed E-state index contributed by atoms with van der Waals surface area (Å²) < 4.78 is 10.9. The third-order valence-electron chi connectivity index (χ3n) is 4.15. The van der Waals surface area contributed by atoms with Gasteiger partial charge in [0.1, 0.15) is 4.32 Å². The van der Waals surface area contributed by atoms with Crippen LogP contribution in [0.5, 0.6) is 11.5 Å². The van der Waals surface area contributed by atoms with E-state index in [0.29, 0.717) is 27.5 Å². The Balaban J connectivity index is 2.00. The normalized spacial score (nSPS) is 16.4. The minimum absolute atomic E-state index is 0.189. The minimum atomic E-state index is -1.19. The van der Waals surface area contributed by atoms with Gasteiger partial charge in [-0.2, -0.15) is 0 Å². The van der Waals surface area contributed by atoms with E-state index in [1.54, 1.807) is 54.6 Å². The van der Waals surface area contributed by atoms with Gasteiger partial charge in [0.25, 0.3) is 5.91 Å². The summed E-state index contributed by atoms with van der Waals surface area (Å²) in [5.74, 6) is -0.605. The number of thiocarbonyl (C=S) groups is 1. The first-order valence-corrected chi connectivity index (χ1v) is 9.46. The summed E-state index contributed by atoms with van der Waals surface area (Å²) in [6.45, 7) is 0. The monoisotopic (exact) mass is 415 g/mol. The van der Waals surface area contributed by atoms with Gasteiger partial charge in [0.15, 0.2) is 17.5 Å². The first kappa shape index (κ1) is 19.9. The number of para-hydroxylation sites is 1. The molecule has 144 valence electrons. The van der Waals surface area contributed by atoms with Crippen LogP contribution < -0.4 is 9.47 Å². The molecule has 0 unspecified atom stereocenters. The number of ether oxygens (including phenoxy) is 2. The first-order valence-electron chi connectivity index (χ1n) is 8.23. The number of nitrogens with zero attached hydrogens (tertiary/aromatic N) is 1. The maximum atomic E-state index is 13.0. The van der Waals surface area contributed by atoms with Crippen LogP contribution in [0.4, 0.5) is 0 Å². The van der Waals surface area contributed by atoms with E-state index >= 15 is 0 Å². The Morgan fingerprint density at radius 1 is 1.14 bits per heavy atom. The van der Waals surface area contributed by atoms with Crippen LogP contribution in [0.2, 0.25) is 0 Å². The van der Waals surface area contributed by atoms with Crippen molar-refractivity contribution in [1.29, 1.82) is 0 Å². The van der Waals surface area contributed by atoms with Gasteiger partial charge in [0.05, 0.1) is 19.1 Å². The van der Waals surface area contributed by atoms with Gasteiger partial charge >= 0.3 is 5.97 Å². The Kier molecular flexibility index (Phi) is 6.01. The van der Waals surface area contributed by atoms with E-state index in [1.165, 1.54) is 14.2 Å². The third kappa shape index (κ3) is 3.74. The average Bonchev–Trinajstić information content (AvgIpc) is 2.96. The number of carboxylic acids is 1. The van der Waals surface area contributed by atoms with Crippen molar-refractivity contribution >= 4 is 46.3 Å². The predicted octanol–water partition coefficient (Wildman–Crippen LogP) is 3.73. The molecule has 0 saturated carbocycles. The van der Waals surface area contributed by atoms with Crippen LogP contribution >= 0.6 is 24.0 Å². The number of hydrogen-bond acceptors (Lipinski definition) is 6. The van der Waals surface area contributed by atoms with Crippen LogP contribution in [0.1, 0.15) is 17.2 Å². The molecule has 1 N–H and O–H groups in total. The molecule has 0 radical (unpaired) electrons. The van der Waals surface area contributed by atoms with Crippen LogP contribution in [0.25, 0.3) is 6.08 Å². The fraction of sp³-hybridized carbons (Fsp3) is 0.150. The smallest absolute Gasteiger partial charge is 0.331 e. The zero-order valence-corrected chi connectivity index (χ0v) is 16.8. The van der Waals surface area contributed by atoms with Crippen molar-refractivity contribution in [3.05, 3.63) is 64.6 Å². The van der Waals surface area contributed by atoms with E-state index in [-0.39, 0.29) is 4.32 Å².